The zero-order valence-electron chi connectivity index (χ0n) is 32.0. The summed E-state index contributed by atoms with van der Waals surface area (Å²) in [6.45, 7) is 14.2. The van der Waals surface area contributed by atoms with E-state index in [4.69, 9.17) is 21.0 Å². The van der Waals surface area contributed by atoms with E-state index >= 15 is 0 Å². The van der Waals surface area contributed by atoms with Crippen LogP contribution in [0.5, 0.6) is 0 Å². The van der Waals surface area contributed by atoms with Crippen LogP contribution in [0.4, 0.5) is 0 Å². The Hall–Kier alpha value is -3.75. The summed E-state index contributed by atoms with van der Waals surface area (Å²) in [6.07, 6.45) is 6.30. The van der Waals surface area contributed by atoms with Crippen molar-refractivity contribution in [3.05, 3.63) is 52.0 Å². The third-order valence-corrected chi connectivity index (χ3v) is 10.7. The molecule has 7 N–H and O–H groups in total. The highest BCUT2D eigenvalue weighted by Crippen LogP contribution is 2.32. The number of aryl methyl sites for hydroxylation is 1. The molecule has 0 bridgehead atoms. The van der Waals surface area contributed by atoms with Gasteiger partial charge in [0.25, 0.3) is 5.91 Å². The highest BCUT2D eigenvalue weighted by Gasteiger charge is 2.37. The van der Waals surface area contributed by atoms with Crippen molar-refractivity contribution in [3.63, 3.8) is 0 Å². The predicted octanol–water partition coefficient (Wildman–Crippen LogP) is 4.15. The Kier molecular flexibility index (Phi) is 18.3. The third-order valence-electron chi connectivity index (χ3n) is 9.73. The largest absolute Gasteiger partial charge is 0.371 e. The van der Waals surface area contributed by atoms with E-state index in [9.17, 15) is 14.4 Å². The van der Waals surface area contributed by atoms with Crippen molar-refractivity contribution < 1.29 is 24.5 Å². The van der Waals surface area contributed by atoms with Gasteiger partial charge in [-0.3, -0.25) is 25.6 Å². The van der Waals surface area contributed by atoms with E-state index < -0.39 is 24.1 Å². The monoisotopic (exact) mass is 740 g/mol. The second-order valence-electron chi connectivity index (χ2n) is 14.1. The number of benzene rings is 1. The van der Waals surface area contributed by atoms with Crippen molar-refractivity contribution in [2.45, 2.75) is 130 Å². The van der Waals surface area contributed by atoms with Crippen LogP contribution in [-0.2, 0) is 20.7 Å². The molecular formula is C38H62N9O4S+. The number of nitrogens with two attached hydrogens (primary N) is 2. The smallest absolute Gasteiger partial charge is 0.341 e. The number of ether oxygens (including phenoxy) is 1. The van der Waals surface area contributed by atoms with Crippen LogP contribution in [0.15, 0.2) is 46.0 Å². The van der Waals surface area contributed by atoms with Gasteiger partial charge in [-0.05, 0) is 62.5 Å². The summed E-state index contributed by atoms with van der Waals surface area (Å²) in [5.41, 5.74) is 1.34. The Labute approximate surface area is 313 Å². The molecule has 1 saturated heterocycles. The SMILES string of the molecule is CCCO[C@H](C[C@H](C(C)C)N(CCC)C(=O)[C@@H](NC(=O)[C@H]1CCCCN1)[C@@H](C)CC)c1nc(C(=O)N[C@@H](CCc2ccccc2)C(=[NH2+])N=NN)cs1. The minimum absolute atomic E-state index is 0.0477. The molecule has 2 heterocycles. The minimum Gasteiger partial charge on any atom is -0.371 e. The number of thiazole rings is 1. The molecule has 1 aliphatic heterocycles. The minimum atomic E-state index is -0.642. The molecule has 0 aliphatic carbocycles. The second-order valence-corrected chi connectivity index (χ2v) is 15.0. The average molecular weight is 741 g/mol. The topological polar surface area (TPSA) is 189 Å². The molecule has 3 rings (SSSR count). The Morgan fingerprint density at radius 1 is 1.12 bits per heavy atom. The number of carbonyl (C=O) groups is 3. The van der Waals surface area contributed by atoms with Crippen LogP contribution in [0.3, 0.4) is 0 Å². The van der Waals surface area contributed by atoms with Gasteiger partial charge in [-0.1, -0.05) is 84.7 Å². The molecule has 13 nitrogen and oxygen atoms in total. The zero-order valence-corrected chi connectivity index (χ0v) is 32.8. The molecule has 1 aromatic carbocycles. The number of amides is 3. The highest BCUT2D eigenvalue weighted by molar-refractivity contribution is 7.09. The van der Waals surface area contributed by atoms with Crippen LogP contribution < -0.4 is 27.2 Å². The number of nitrogens with one attached hydrogen (secondary N) is 3. The molecule has 14 heteroatoms. The Morgan fingerprint density at radius 3 is 2.48 bits per heavy atom. The van der Waals surface area contributed by atoms with Gasteiger partial charge in [-0.2, -0.15) is 0 Å². The lowest BCUT2D eigenvalue weighted by atomic mass is 9.92. The van der Waals surface area contributed by atoms with Crippen molar-refractivity contribution in [1.29, 1.82) is 0 Å². The van der Waals surface area contributed by atoms with E-state index in [1.807, 2.05) is 56.0 Å². The van der Waals surface area contributed by atoms with E-state index in [1.54, 1.807) is 5.38 Å². The number of carbonyl (C=O) groups excluding carboxylic acids is 3. The quantitative estimate of drug-likeness (QED) is 0.0418. The van der Waals surface area contributed by atoms with Crippen molar-refractivity contribution in [1.82, 2.24) is 25.8 Å². The number of hydrogen-bond acceptors (Lipinski definition) is 8. The molecular weight excluding hydrogens is 679 g/mol. The number of nitrogens with zero attached hydrogens (tertiary/aromatic N) is 4. The second kappa shape index (κ2) is 22.3. The van der Waals surface area contributed by atoms with E-state index in [1.165, 1.54) is 11.3 Å². The van der Waals surface area contributed by atoms with Gasteiger partial charge >= 0.3 is 5.84 Å². The van der Waals surface area contributed by atoms with Gasteiger partial charge < -0.3 is 25.6 Å². The maximum absolute atomic E-state index is 14.5. The lowest BCUT2D eigenvalue weighted by Crippen LogP contribution is -2.58. The molecule has 0 spiro atoms. The van der Waals surface area contributed by atoms with Crippen molar-refractivity contribution in [2.24, 2.45) is 28.0 Å². The molecule has 3 amide bonds. The normalized spacial score (nSPS) is 17.6. The van der Waals surface area contributed by atoms with E-state index in [-0.39, 0.29) is 47.3 Å². The molecule has 1 fully saturated rings. The first-order valence-corrected chi connectivity index (χ1v) is 19.9. The summed E-state index contributed by atoms with van der Waals surface area (Å²) in [5.74, 6) is 4.84. The first-order chi connectivity index (χ1) is 25.0. The number of hydrogen-bond donors (Lipinski definition) is 5. The first kappa shape index (κ1) is 42.7. The van der Waals surface area contributed by atoms with Crippen LogP contribution in [0, 0.1) is 11.8 Å². The van der Waals surface area contributed by atoms with Gasteiger partial charge in [0.05, 0.1) is 11.2 Å². The van der Waals surface area contributed by atoms with Gasteiger partial charge in [-0.25, -0.2) is 4.98 Å². The van der Waals surface area contributed by atoms with Crippen LogP contribution in [0.2, 0.25) is 0 Å². The van der Waals surface area contributed by atoms with Gasteiger partial charge in [0, 0.05) is 36.2 Å². The lowest BCUT2D eigenvalue weighted by Gasteiger charge is -2.39. The molecule has 1 aliphatic rings. The van der Waals surface area contributed by atoms with Crippen LogP contribution in [0.1, 0.15) is 120 Å². The Morgan fingerprint density at radius 2 is 1.87 bits per heavy atom. The van der Waals surface area contributed by atoms with Crippen molar-refractivity contribution in [2.75, 3.05) is 19.7 Å². The van der Waals surface area contributed by atoms with Crippen LogP contribution >= 0.6 is 11.3 Å². The lowest BCUT2D eigenvalue weighted by molar-refractivity contribution is -0.142. The molecule has 0 radical (unpaired) electrons. The fourth-order valence-corrected chi connectivity index (χ4v) is 7.37. The highest BCUT2D eigenvalue weighted by atomic mass is 32.1. The maximum atomic E-state index is 14.5. The fourth-order valence-electron chi connectivity index (χ4n) is 6.51. The standard InChI is InChI=1S/C38H61N9O4S/c1-7-21-47(38(50)33(26(6)9-3)44-35(48)29-17-13-14-20-41-29)31(25(4)5)23-32(51-22-8-2)37-43-30(24-52-37)36(49)42-28(34(39)45-46-40)19-18-27-15-11-10-12-16-27/h10-12,15-16,24-26,28-29,31-33,41H,7-9,13-14,17-23H2,1-6H3,(H,42,49)(H,44,48)(H3,39,40,45)/p+1/t26-,28-,29+,31+,32+,33-/m0/s1. The first-order valence-electron chi connectivity index (χ1n) is 19.0. The number of amidine groups is 1. The fraction of sp³-hybridized carbons (Fsp3) is 0.658. The summed E-state index contributed by atoms with van der Waals surface area (Å²) in [7, 11) is 0. The summed E-state index contributed by atoms with van der Waals surface area (Å²) in [4.78, 5) is 48.1. The maximum Gasteiger partial charge on any atom is 0.341 e. The van der Waals surface area contributed by atoms with Crippen LogP contribution in [-0.4, -0.2) is 77.3 Å². The van der Waals surface area contributed by atoms with E-state index in [2.05, 4.69) is 47.1 Å². The van der Waals surface area contributed by atoms with E-state index in [0.29, 0.717) is 37.4 Å². The molecule has 1 aromatic heterocycles. The van der Waals surface area contributed by atoms with Crippen LogP contribution in [0.25, 0.3) is 0 Å². The molecule has 52 heavy (non-hydrogen) atoms. The number of rotatable bonds is 21. The third kappa shape index (κ3) is 12.7. The average Bonchev–Trinajstić information content (AvgIpc) is 3.65. The van der Waals surface area contributed by atoms with Gasteiger partial charge in [0.15, 0.2) is 0 Å². The zero-order chi connectivity index (χ0) is 38.0. The predicted molar refractivity (Wildman–Crippen MR) is 205 cm³/mol. The number of aromatic nitrogens is 1. The van der Waals surface area contributed by atoms with Crippen molar-refractivity contribution in [3.8, 4) is 0 Å². The molecule has 288 valence electrons. The van der Waals surface area contributed by atoms with Crippen molar-refractivity contribution >= 4 is 34.9 Å². The summed E-state index contributed by atoms with van der Waals surface area (Å²) < 4.78 is 6.41. The molecule has 6 atom stereocenters. The number of piperidine rings is 1. The van der Waals surface area contributed by atoms with Gasteiger partial charge in [0.1, 0.15) is 28.9 Å². The van der Waals surface area contributed by atoms with Gasteiger partial charge in [-0.15, -0.1) is 11.3 Å². The summed E-state index contributed by atoms with van der Waals surface area (Å²) in [6, 6.07) is 8.16. The summed E-state index contributed by atoms with van der Waals surface area (Å²) >= 11 is 1.35. The Balaban J connectivity index is 1.84. The molecule has 2 aromatic rings. The summed E-state index contributed by atoms with van der Waals surface area (Å²) in [5, 5.41) is 25.1. The molecule has 0 saturated carbocycles. The Bertz CT molecular complexity index is 1430. The van der Waals surface area contributed by atoms with Gasteiger partial charge in [0.2, 0.25) is 11.8 Å². The molecule has 0 unspecified atom stereocenters. The van der Waals surface area contributed by atoms with E-state index in [0.717, 1.165) is 50.6 Å².